The van der Waals surface area contributed by atoms with Gasteiger partial charge in [-0.15, -0.1) is 0 Å². The van der Waals surface area contributed by atoms with Crippen LogP contribution >= 0.6 is 0 Å². The van der Waals surface area contributed by atoms with Gasteiger partial charge in [-0.3, -0.25) is 0 Å². The molecule has 0 spiro atoms. The van der Waals surface area contributed by atoms with Crippen molar-refractivity contribution in [3.63, 3.8) is 0 Å². The lowest BCUT2D eigenvalue weighted by Crippen LogP contribution is -2.21. The summed E-state index contributed by atoms with van der Waals surface area (Å²) >= 11 is 0. The Balaban J connectivity index is 3.15. The second kappa shape index (κ2) is 3.68. The van der Waals surface area contributed by atoms with Crippen LogP contribution in [0.25, 0.3) is 0 Å². The first kappa shape index (κ1) is 9.88. The third-order valence-electron chi connectivity index (χ3n) is 1.72. The predicted molar refractivity (Wildman–Crippen MR) is 44.0 cm³/mol. The van der Waals surface area contributed by atoms with E-state index in [9.17, 15) is 13.9 Å². The Hall–Kier alpha value is -1.20. The SMILES string of the molecule is NC[C@@H](N)c1cc(F)c(F)cc1O. The van der Waals surface area contributed by atoms with Crippen molar-refractivity contribution in [2.75, 3.05) is 6.54 Å². The summed E-state index contributed by atoms with van der Waals surface area (Å²) in [5.41, 5.74) is 10.8. The molecule has 0 unspecified atom stereocenters. The fourth-order valence-electron chi connectivity index (χ4n) is 0.976. The third kappa shape index (κ3) is 1.93. The molecule has 0 aromatic heterocycles. The molecule has 5 heteroatoms. The molecule has 0 radical (unpaired) electrons. The molecule has 0 aliphatic rings. The summed E-state index contributed by atoms with van der Waals surface area (Å²) in [6.07, 6.45) is 0. The lowest BCUT2D eigenvalue weighted by atomic mass is 10.1. The maximum absolute atomic E-state index is 12.7. The molecule has 0 aliphatic heterocycles. The number of aromatic hydroxyl groups is 1. The maximum atomic E-state index is 12.7. The van der Waals surface area contributed by atoms with E-state index in [1.165, 1.54) is 0 Å². The highest BCUT2D eigenvalue weighted by molar-refractivity contribution is 5.35. The van der Waals surface area contributed by atoms with E-state index in [1.54, 1.807) is 0 Å². The van der Waals surface area contributed by atoms with Crippen molar-refractivity contribution in [2.24, 2.45) is 11.5 Å². The normalized spacial score (nSPS) is 12.9. The standard InChI is InChI=1S/C8H10F2N2O/c9-5-1-4(7(12)3-11)8(13)2-6(5)10/h1-2,7,13H,3,11-12H2/t7-/m1/s1. The van der Waals surface area contributed by atoms with Gasteiger partial charge in [0.05, 0.1) is 0 Å². The maximum Gasteiger partial charge on any atom is 0.162 e. The molecule has 1 aromatic rings. The van der Waals surface area contributed by atoms with Crippen molar-refractivity contribution in [1.29, 1.82) is 0 Å². The average molecular weight is 188 g/mol. The number of phenols is 1. The largest absolute Gasteiger partial charge is 0.507 e. The smallest absolute Gasteiger partial charge is 0.162 e. The van der Waals surface area contributed by atoms with Crippen LogP contribution in [0.3, 0.4) is 0 Å². The van der Waals surface area contributed by atoms with Crippen molar-refractivity contribution in [1.82, 2.24) is 0 Å². The van der Waals surface area contributed by atoms with Gasteiger partial charge >= 0.3 is 0 Å². The fraction of sp³-hybridized carbons (Fsp3) is 0.250. The summed E-state index contributed by atoms with van der Waals surface area (Å²) in [6, 6.07) is 0.845. The van der Waals surface area contributed by atoms with E-state index in [-0.39, 0.29) is 17.9 Å². The number of hydrogen-bond acceptors (Lipinski definition) is 3. The highest BCUT2D eigenvalue weighted by atomic mass is 19.2. The summed E-state index contributed by atoms with van der Waals surface area (Å²) < 4.78 is 25.2. The summed E-state index contributed by atoms with van der Waals surface area (Å²) in [5, 5.41) is 9.18. The lowest BCUT2D eigenvalue weighted by Gasteiger charge is -2.11. The minimum absolute atomic E-state index is 0.0542. The molecule has 0 saturated carbocycles. The van der Waals surface area contributed by atoms with Gasteiger partial charge in [-0.25, -0.2) is 8.78 Å². The molecule has 72 valence electrons. The monoisotopic (exact) mass is 188 g/mol. The third-order valence-corrected chi connectivity index (χ3v) is 1.72. The van der Waals surface area contributed by atoms with Crippen LogP contribution in [-0.4, -0.2) is 11.7 Å². The van der Waals surface area contributed by atoms with Crippen molar-refractivity contribution < 1.29 is 13.9 Å². The lowest BCUT2D eigenvalue weighted by molar-refractivity contribution is 0.441. The zero-order valence-electron chi connectivity index (χ0n) is 6.80. The van der Waals surface area contributed by atoms with E-state index in [4.69, 9.17) is 11.5 Å². The number of hydrogen-bond donors (Lipinski definition) is 3. The van der Waals surface area contributed by atoms with E-state index >= 15 is 0 Å². The highest BCUT2D eigenvalue weighted by Crippen LogP contribution is 2.24. The molecule has 3 nitrogen and oxygen atoms in total. The first-order valence-electron chi connectivity index (χ1n) is 3.69. The Morgan fingerprint density at radius 3 is 2.38 bits per heavy atom. The summed E-state index contributed by atoms with van der Waals surface area (Å²) in [4.78, 5) is 0. The Morgan fingerprint density at radius 2 is 1.85 bits per heavy atom. The molecule has 1 rings (SSSR count). The Bertz CT molecular complexity index is 317. The Morgan fingerprint density at radius 1 is 1.31 bits per heavy atom. The zero-order chi connectivity index (χ0) is 10.0. The van der Waals surface area contributed by atoms with E-state index < -0.39 is 17.7 Å². The minimum Gasteiger partial charge on any atom is -0.507 e. The summed E-state index contributed by atoms with van der Waals surface area (Å²) in [6.45, 7) is 0.0542. The molecule has 0 bridgehead atoms. The first-order valence-corrected chi connectivity index (χ1v) is 3.69. The van der Waals surface area contributed by atoms with Gasteiger partial charge < -0.3 is 16.6 Å². The molecule has 0 heterocycles. The first-order chi connectivity index (χ1) is 6.06. The van der Waals surface area contributed by atoms with Gasteiger partial charge in [-0.2, -0.15) is 0 Å². The number of rotatable bonds is 2. The van der Waals surface area contributed by atoms with E-state index in [2.05, 4.69) is 0 Å². The van der Waals surface area contributed by atoms with Gasteiger partial charge in [0.2, 0.25) is 0 Å². The molecule has 0 amide bonds. The summed E-state index contributed by atoms with van der Waals surface area (Å²) in [7, 11) is 0. The molecule has 1 atom stereocenters. The van der Waals surface area contributed by atoms with Crippen LogP contribution in [0.2, 0.25) is 0 Å². The van der Waals surface area contributed by atoms with E-state index in [0.717, 1.165) is 6.07 Å². The van der Waals surface area contributed by atoms with Crippen LogP contribution in [-0.2, 0) is 0 Å². The molecule has 13 heavy (non-hydrogen) atoms. The van der Waals surface area contributed by atoms with Gasteiger partial charge in [-0.1, -0.05) is 0 Å². The quantitative estimate of drug-likeness (QED) is 0.637. The number of benzene rings is 1. The molecule has 5 N–H and O–H groups in total. The van der Waals surface area contributed by atoms with Crippen molar-refractivity contribution in [3.8, 4) is 5.75 Å². The van der Waals surface area contributed by atoms with Gasteiger partial charge in [0.25, 0.3) is 0 Å². The van der Waals surface area contributed by atoms with Crippen LogP contribution in [0, 0.1) is 11.6 Å². The predicted octanol–water partition coefficient (Wildman–Crippen LogP) is 0.629. The second-order valence-corrected chi connectivity index (χ2v) is 2.67. The summed E-state index contributed by atoms with van der Waals surface area (Å²) in [5.74, 6) is -2.53. The van der Waals surface area contributed by atoms with Crippen LogP contribution in [0.1, 0.15) is 11.6 Å². The molecular weight excluding hydrogens is 178 g/mol. The Labute approximate surface area is 74.0 Å². The van der Waals surface area contributed by atoms with Gasteiger partial charge in [0.1, 0.15) is 5.75 Å². The molecule has 0 fully saturated rings. The van der Waals surface area contributed by atoms with Crippen LogP contribution in [0.4, 0.5) is 8.78 Å². The van der Waals surface area contributed by atoms with Crippen molar-refractivity contribution in [2.45, 2.75) is 6.04 Å². The van der Waals surface area contributed by atoms with Crippen LogP contribution in [0.5, 0.6) is 5.75 Å². The molecule has 1 aromatic carbocycles. The van der Waals surface area contributed by atoms with Gasteiger partial charge in [-0.05, 0) is 6.07 Å². The van der Waals surface area contributed by atoms with Gasteiger partial charge in [0, 0.05) is 24.2 Å². The van der Waals surface area contributed by atoms with Crippen LogP contribution < -0.4 is 11.5 Å². The van der Waals surface area contributed by atoms with Crippen LogP contribution in [0.15, 0.2) is 12.1 Å². The van der Waals surface area contributed by atoms with Crippen molar-refractivity contribution >= 4 is 0 Å². The zero-order valence-corrected chi connectivity index (χ0v) is 6.80. The topological polar surface area (TPSA) is 72.3 Å². The number of halogens is 2. The molecule has 0 aliphatic carbocycles. The number of phenolic OH excluding ortho intramolecular Hbond substituents is 1. The average Bonchev–Trinajstić information content (AvgIpc) is 2.10. The second-order valence-electron chi connectivity index (χ2n) is 2.67. The Kier molecular flexibility index (Phi) is 2.79. The highest BCUT2D eigenvalue weighted by Gasteiger charge is 2.13. The fourth-order valence-corrected chi connectivity index (χ4v) is 0.976. The minimum atomic E-state index is -1.11. The van der Waals surface area contributed by atoms with Crippen molar-refractivity contribution in [3.05, 3.63) is 29.3 Å². The molecule has 0 saturated heterocycles. The number of nitrogens with two attached hydrogens (primary N) is 2. The van der Waals surface area contributed by atoms with E-state index in [0.29, 0.717) is 6.07 Å². The van der Waals surface area contributed by atoms with E-state index in [1.807, 2.05) is 0 Å². The molecular formula is C8H10F2N2O. The van der Waals surface area contributed by atoms with Gasteiger partial charge in [0.15, 0.2) is 11.6 Å².